The molecule has 16 heavy (non-hydrogen) atoms. The average Bonchev–Trinajstić information content (AvgIpc) is 2.86. The summed E-state index contributed by atoms with van der Waals surface area (Å²) in [7, 11) is 0. The molecule has 1 aliphatic carbocycles. The van der Waals surface area contributed by atoms with E-state index in [-0.39, 0.29) is 5.54 Å². The van der Waals surface area contributed by atoms with Crippen LogP contribution in [0.1, 0.15) is 36.7 Å². The quantitative estimate of drug-likeness (QED) is 0.829. The van der Waals surface area contributed by atoms with Gasteiger partial charge in [0.05, 0.1) is 17.7 Å². The standard InChI is InChI=1S/C10H12N4O2/c11-10(3-1-4-10)9-12-8(16-14-9)6-7-2-5-15-13-7/h2,5H,1,3-4,6,11H2. The number of hydrogen-bond acceptors (Lipinski definition) is 6. The molecule has 6 heteroatoms. The summed E-state index contributed by atoms with van der Waals surface area (Å²) in [4.78, 5) is 4.29. The molecule has 1 aliphatic rings. The predicted octanol–water partition coefficient (Wildman–Crippen LogP) is 0.986. The normalized spacial score (nSPS) is 18.3. The minimum atomic E-state index is -0.369. The largest absolute Gasteiger partial charge is 0.364 e. The molecule has 0 aromatic carbocycles. The van der Waals surface area contributed by atoms with Gasteiger partial charge in [-0.15, -0.1) is 0 Å². The maximum absolute atomic E-state index is 6.09. The first-order valence-electron chi connectivity index (χ1n) is 5.27. The van der Waals surface area contributed by atoms with Crippen LogP contribution in [0.25, 0.3) is 0 Å². The lowest BCUT2D eigenvalue weighted by molar-refractivity contribution is 0.229. The first-order chi connectivity index (χ1) is 7.76. The third-order valence-corrected chi connectivity index (χ3v) is 2.98. The molecule has 0 spiro atoms. The van der Waals surface area contributed by atoms with Crippen LogP contribution in [0.2, 0.25) is 0 Å². The molecule has 2 heterocycles. The molecule has 1 fully saturated rings. The highest BCUT2D eigenvalue weighted by molar-refractivity contribution is 5.10. The van der Waals surface area contributed by atoms with Gasteiger partial charge in [0.15, 0.2) is 5.82 Å². The second kappa shape index (κ2) is 3.41. The van der Waals surface area contributed by atoms with Gasteiger partial charge in [-0.3, -0.25) is 0 Å². The molecule has 0 aliphatic heterocycles. The average molecular weight is 220 g/mol. The monoisotopic (exact) mass is 220 g/mol. The number of nitrogens with two attached hydrogens (primary N) is 1. The molecule has 0 atom stereocenters. The van der Waals surface area contributed by atoms with Crippen molar-refractivity contribution >= 4 is 0 Å². The Hall–Kier alpha value is -1.69. The third kappa shape index (κ3) is 1.51. The van der Waals surface area contributed by atoms with Gasteiger partial charge in [-0.25, -0.2) is 0 Å². The second-order valence-electron chi connectivity index (χ2n) is 4.19. The lowest BCUT2D eigenvalue weighted by Crippen LogP contribution is -2.44. The minimum absolute atomic E-state index is 0.369. The van der Waals surface area contributed by atoms with Gasteiger partial charge in [0.2, 0.25) is 5.89 Å². The zero-order valence-corrected chi connectivity index (χ0v) is 8.72. The van der Waals surface area contributed by atoms with E-state index < -0.39 is 0 Å². The molecule has 0 amide bonds. The van der Waals surface area contributed by atoms with Gasteiger partial charge in [0.25, 0.3) is 0 Å². The Labute approximate surface area is 91.8 Å². The van der Waals surface area contributed by atoms with Crippen LogP contribution in [-0.2, 0) is 12.0 Å². The Morgan fingerprint density at radius 1 is 1.38 bits per heavy atom. The molecular formula is C10H12N4O2. The molecule has 0 bridgehead atoms. The summed E-state index contributed by atoms with van der Waals surface area (Å²) in [5.74, 6) is 1.14. The summed E-state index contributed by atoms with van der Waals surface area (Å²) in [5.41, 5.74) is 6.50. The van der Waals surface area contributed by atoms with Crippen LogP contribution in [0.3, 0.4) is 0 Å². The Balaban J connectivity index is 1.78. The Morgan fingerprint density at radius 3 is 2.88 bits per heavy atom. The first-order valence-corrected chi connectivity index (χ1v) is 5.27. The van der Waals surface area contributed by atoms with Crippen LogP contribution in [0.15, 0.2) is 21.4 Å². The summed E-state index contributed by atoms with van der Waals surface area (Å²) >= 11 is 0. The molecule has 0 saturated heterocycles. The number of nitrogens with zero attached hydrogens (tertiary/aromatic N) is 3. The third-order valence-electron chi connectivity index (χ3n) is 2.98. The van der Waals surface area contributed by atoms with Crippen molar-refractivity contribution in [2.75, 3.05) is 0 Å². The summed E-state index contributed by atoms with van der Waals surface area (Å²) in [6, 6.07) is 1.77. The SMILES string of the molecule is NC1(c2noc(Cc3ccon3)n2)CCC1. The van der Waals surface area contributed by atoms with Gasteiger partial charge in [-0.05, 0) is 19.3 Å². The van der Waals surface area contributed by atoms with Crippen molar-refractivity contribution in [3.8, 4) is 0 Å². The molecule has 3 rings (SSSR count). The van der Waals surface area contributed by atoms with Crippen molar-refractivity contribution in [3.05, 3.63) is 29.7 Å². The van der Waals surface area contributed by atoms with E-state index in [1.807, 2.05) is 0 Å². The van der Waals surface area contributed by atoms with Crippen molar-refractivity contribution in [1.82, 2.24) is 15.3 Å². The molecule has 0 unspecified atom stereocenters. The van der Waals surface area contributed by atoms with Gasteiger partial charge >= 0.3 is 0 Å². The van der Waals surface area contributed by atoms with Crippen molar-refractivity contribution in [2.45, 2.75) is 31.2 Å². The smallest absolute Gasteiger partial charge is 0.232 e. The van der Waals surface area contributed by atoms with Gasteiger partial charge in [0, 0.05) is 6.07 Å². The lowest BCUT2D eigenvalue weighted by Gasteiger charge is -2.34. The molecule has 0 radical (unpaired) electrons. The Morgan fingerprint density at radius 2 is 2.25 bits per heavy atom. The van der Waals surface area contributed by atoms with E-state index in [1.165, 1.54) is 6.26 Å². The second-order valence-corrected chi connectivity index (χ2v) is 4.19. The minimum Gasteiger partial charge on any atom is -0.364 e. The van der Waals surface area contributed by atoms with E-state index in [2.05, 4.69) is 15.3 Å². The number of aromatic nitrogens is 3. The maximum atomic E-state index is 6.09. The van der Waals surface area contributed by atoms with Crippen LogP contribution in [-0.4, -0.2) is 15.3 Å². The Bertz CT molecular complexity index is 473. The number of rotatable bonds is 3. The fourth-order valence-electron chi connectivity index (χ4n) is 1.79. The molecule has 2 aromatic heterocycles. The van der Waals surface area contributed by atoms with E-state index >= 15 is 0 Å². The van der Waals surface area contributed by atoms with E-state index in [0.717, 1.165) is 25.0 Å². The van der Waals surface area contributed by atoms with Crippen LogP contribution in [0.5, 0.6) is 0 Å². The van der Waals surface area contributed by atoms with Crippen molar-refractivity contribution in [3.63, 3.8) is 0 Å². The van der Waals surface area contributed by atoms with E-state index in [1.54, 1.807) is 6.07 Å². The van der Waals surface area contributed by atoms with Crippen molar-refractivity contribution in [2.24, 2.45) is 5.73 Å². The predicted molar refractivity (Wildman–Crippen MR) is 53.3 cm³/mol. The number of hydrogen-bond donors (Lipinski definition) is 1. The van der Waals surface area contributed by atoms with Crippen LogP contribution < -0.4 is 5.73 Å². The highest BCUT2D eigenvalue weighted by Crippen LogP contribution is 2.36. The summed E-state index contributed by atoms with van der Waals surface area (Å²) < 4.78 is 9.87. The Kier molecular flexibility index (Phi) is 2.03. The van der Waals surface area contributed by atoms with Gasteiger partial charge in [-0.2, -0.15) is 4.98 Å². The van der Waals surface area contributed by atoms with Gasteiger partial charge in [-0.1, -0.05) is 10.3 Å². The zero-order valence-electron chi connectivity index (χ0n) is 8.72. The van der Waals surface area contributed by atoms with Crippen molar-refractivity contribution < 1.29 is 9.05 Å². The van der Waals surface area contributed by atoms with Crippen LogP contribution >= 0.6 is 0 Å². The molecule has 2 aromatic rings. The molecular weight excluding hydrogens is 208 g/mol. The fourth-order valence-corrected chi connectivity index (χ4v) is 1.79. The maximum Gasteiger partial charge on any atom is 0.232 e. The van der Waals surface area contributed by atoms with Crippen molar-refractivity contribution in [1.29, 1.82) is 0 Å². The van der Waals surface area contributed by atoms with E-state index in [9.17, 15) is 0 Å². The molecule has 6 nitrogen and oxygen atoms in total. The molecule has 1 saturated carbocycles. The van der Waals surface area contributed by atoms with E-state index in [0.29, 0.717) is 18.1 Å². The molecule has 2 N–H and O–H groups in total. The van der Waals surface area contributed by atoms with Crippen LogP contribution in [0, 0.1) is 0 Å². The van der Waals surface area contributed by atoms with Gasteiger partial charge < -0.3 is 14.8 Å². The zero-order chi connectivity index (χ0) is 11.0. The summed E-state index contributed by atoms with van der Waals surface area (Å²) in [6.07, 6.45) is 4.98. The topological polar surface area (TPSA) is 91.0 Å². The summed E-state index contributed by atoms with van der Waals surface area (Å²) in [6.45, 7) is 0. The molecule has 84 valence electrons. The van der Waals surface area contributed by atoms with Crippen LogP contribution in [0.4, 0.5) is 0 Å². The van der Waals surface area contributed by atoms with E-state index in [4.69, 9.17) is 14.8 Å². The fraction of sp³-hybridized carbons (Fsp3) is 0.500. The highest BCUT2D eigenvalue weighted by atomic mass is 16.5. The highest BCUT2D eigenvalue weighted by Gasteiger charge is 2.38. The lowest BCUT2D eigenvalue weighted by atomic mass is 9.77. The first kappa shape index (κ1) is 9.53. The summed E-state index contributed by atoms with van der Waals surface area (Å²) in [5, 5.41) is 7.70. The van der Waals surface area contributed by atoms with Gasteiger partial charge in [0.1, 0.15) is 6.26 Å².